The Bertz CT molecular complexity index is 1350. The van der Waals surface area contributed by atoms with Crippen LogP contribution in [0.2, 0.25) is 0 Å². The third-order valence-electron chi connectivity index (χ3n) is 7.71. The number of carboxylic acid groups (broad SMARTS) is 1. The summed E-state index contributed by atoms with van der Waals surface area (Å²) in [7, 11) is 0. The van der Waals surface area contributed by atoms with E-state index in [0.29, 0.717) is 28.0 Å². The molecular formula is C34H38O7. The summed E-state index contributed by atoms with van der Waals surface area (Å²) >= 11 is 0. The van der Waals surface area contributed by atoms with Crippen molar-refractivity contribution < 1.29 is 33.6 Å². The van der Waals surface area contributed by atoms with Crippen molar-refractivity contribution >= 4 is 11.9 Å². The SMILES string of the molecule is CCOC(=O)c1cccc(-c2c(CC(=O)O)cccc2OCc2ccc(OC3CCCC3)c(OC3CCCC3)c2)c1. The summed E-state index contributed by atoms with van der Waals surface area (Å²) in [6.45, 7) is 2.28. The number of carbonyl (C=O) groups excluding carboxylic acids is 1. The van der Waals surface area contributed by atoms with Crippen LogP contribution in [0.25, 0.3) is 11.1 Å². The Labute approximate surface area is 241 Å². The zero-order chi connectivity index (χ0) is 28.6. The lowest BCUT2D eigenvalue weighted by Gasteiger charge is -2.21. The number of carbonyl (C=O) groups is 2. The number of hydrogen-bond donors (Lipinski definition) is 1. The first-order chi connectivity index (χ1) is 20.0. The maximum atomic E-state index is 12.4. The molecule has 0 aliphatic heterocycles. The standard InChI is InChI=1S/C34H38O7/c1-2-38-34(37)26-11-7-9-24(20-26)33-25(21-32(35)36)10-8-16-30(33)39-22-23-17-18-29(40-27-12-3-4-13-27)31(19-23)41-28-14-5-6-15-28/h7-11,16-20,27-28H,2-6,12-15,21-22H2,1H3,(H,35,36). The predicted octanol–water partition coefficient (Wildman–Crippen LogP) is 7.38. The van der Waals surface area contributed by atoms with Crippen LogP contribution in [0.3, 0.4) is 0 Å². The molecule has 0 amide bonds. The van der Waals surface area contributed by atoms with Crippen molar-refractivity contribution in [2.45, 2.75) is 83.5 Å². The topological polar surface area (TPSA) is 91.3 Å². The Morgan fingerprint density at radius 1 is 0.805 bits per heavy atom. The van der Waals surface area contributed by atoms with Crippen LogP contribution in [-0.2, 0) is 22.6 Å². The molecule has 2 fully saturated rings. The number of carboxylic acids is 1. The lowest BCUT2D eigenvalue weighted by atomic mass is 9.95. The Hall–Kier alpha value is -4.00. The van der Waals surface area contributed by atoms with Crippen LogP contribution in [-0.4, -0.2) is 35.9 Å². The quantitative estimate of drug-likeness (QED) is 0.232. The van der Waals surface area contributed by atoms with Crippen LogP contribution in [0.1, 0.15) is 79.8 Å². The Morgan fingerprint density at radius 3 is 2.17 bits per heavy atom. The fourth-order valence-corrected chi connectivity index (χ4v) is 5.72. The average Bonchev–Trinajstić information content (AvgIpc) is 3.68. The van der Waals surface area contributed by atoms with E-state index in [1.54, 1.807) is 37.3 Å². The summed E-state index contributed by atoms with van der Waals surface area (Å²) in [5.41, 5.74) is 3.25. The highest BCUT2D eigenvalue weighted by atomic mass is 16.5. The van der Waals surface area contributed by atoms with E-state index >= 15 is 0 Å². The maximum Gasteiger partial charge on any atom is 0.338 e. The van der Waals surface area contributed by atoms with E-state index < -0.39 is 11.9 Å². The van der Waals surface area contributed by atoms with Gasteiger partial charge in [-0.1, -0.05) is 30.3 Å². The van der Waals surface area contributed by atoms with Gasteiger partial charge in [0.2, 0.25) is 0 Å². The van der Waals surface area contributed by atoms with Gasteiger partial charge in [0, 0.05) is 5.56 Å². The average molecular weight is 559 g/mol. The molecule has 2 aliphatic rings. The lowest BCUT2D eigenvalue weighted by Crippen LogP contribution is -2.15. The smallest absolute Gasteiger partial charge is 0.338 e. The van der Waals surface area contributed by atoms with Crippen LogP contribution in [0.15, 0.2) is 60.7 Å². The minimum absolute atomic E-state index is 0.178. The molecule has 2 saturated carbocycles. The van der Waals surface area contributed by atoms with Crippen LogP contribution in [0.5, 0.6) is 17.2 Å². The van der Waals surface area contributed by atoms with E-state index in [-0.39, 0.29) is 31.8 Å². The Kier molecular flexibility index (Phi) is 9.44. The fourth-order valence-electron chi connectivity index (χ4n) is 5.72. The van der Waals surface area contributed by atoms with Crippen molar-refractivity contribution in [1.82, 2.24) is 0 Å². The fraction of sp³-hybridized carbons (Fsp3) is 0.412. The van der Waals surface area contributed by atoms with Gasteiger partial charge in [-0.2, -0.15) is 0 Å². The normalized spacial score (nSPS) is 15.5. The Morgan fingerprint density at radius 2 is 1.49 bits per heavy atom. The molecule has 0 saturated heterocycles. The van der Waals surface area contributed by atoms with Gasteiger partial charge in [0.25, 0.3) is 0 Å². The zero-order valence-electron chi connectivity index (χ0n) is 23.6. The highest BCUT2D eigenvalue weighted by molar-refractivity contribution is 5.92. The summed E-state index contributed by atoms with van der Waals surface area (Å²) in [5.74, 6) is 0.701. The first-order valence-electron chi connectivity index (χ1n) is 14.7. The van der Waals surface area contributed by atoms with E-state index in [0.717, 1.165) is 42.7 Å². The van der Waals surface area contributed by atoms with Crippen molar-refractivity contribution in [2.24, 2.45) is 0 Å². The number of ether oxygens (including phenoxy) is 4. The van der Waals surface area contributed by atoms with Crippen molar-refractivity contribution in [3.05, 3.63) is 77.4 Å². The van der Waals surface area contributed by atoms with Gasteiger partial charge in [-0.3, -0.25) is 4.79 Å². The van der Waals surface area contributed by atoms with E-state index in [1.807, 2.05) is 30.3 Å². The van der Waals surface area contributed by atoms with Crippen LogP contribution < -0.4 is 14.2 Å². The van der Waals surface area contributed by atoms with Gasteiger partial charge < -0.3 is 24.1 Å². The van der Waals surface area contributed by atoms with Crippen molar-refractivity contribution in [3.8, 4) is 28.4 Å². The molecule has 7 nitrogen and oxygen atoms in total. The van der Waals surface area contributed by atoms with Crippen LogP contribution in [0, 0.1) is 0 Å². The van der Waals surface area contributed by atoms with E-state index in [4.69, 9.17) is 18.9 Å². The van der Waals surface area contributed by atoms with Gasteiger partial charge in [-0.25, -0.2) is 4.79 Å². The molecule has 0 aromatic heterocycles. The number of hydrogen-bond acceptors (Lipinski definition) is 6. The molecule has 0 spiro atoms. The first-order valence-corrected chi connectivity index (χ1v) is 14.7. The number of esters is 1. The molecule has 0 atom stereocenters. The molecule has 0 bridgehead atoms. The molecule has 216 valence electrons. The number of rotatable bonds is 12. The molecule has 1 N–H and O–H groups in total. The van der Waals surface area contributed by atoms with Crippen molar-refractivity contribution in [1.29, 1.82) is 0 Å². The maximum absolute atomic E-state index is 12.4. The zero-order valence-corrected chi connectivity index (χ0v) is 23.6. The van der Waals surface area contributed by atoms with Crippen LogP contribution in [0.4, 0.5) is 0 Å². The highest BCUT2D eigenvalue weighted by Gasteiger charge is 2.23. The van der Waals surface area contributed by atoms with Gasteiger partial charge >= 0.3 is 11.9 Å². The monoisotopic (exact) mass is 558 g/mol. The van der Waals surface area contributed by atoms with Crippen LogP contribution >= 0.6 is 0 Å². The third kappa shape index (κ3) is 7.40. The predicted molar refractivity (Wildman–Crippen MR) is 156 cm³/mol. The second-order valence-corrected chi connectivity index (χ2v) is 10.8. The number of benzene rings is 3. The first kappa shape index (κ1) is 28.5. The molecule has 0 radical (unpaired) electrons. The minimum atomic E-state index is -0.948. The van der Waals surface area contributed by atoms with Gasteiger partial charge in [0.05, 0.1) is 30.8 Å². The summed E-state index contributed by atoms with van der Waals surface area (Å²) in [6, 6.07) is 18.4. The lowest BCUT2D eigenvalue weighted by molar-refractivity contribution is -0.136. The van der Waals surface area contributed by atoms with Crippen molar-refractivity contribution in [2.75, 3.05) is 6.61 Å². The second-order valence-electron chi connectivity index (χ2n) is 10.8. The molecule has 3 aromatic rings. The minimum Gasteiger partial charge on any atom is -0.488 e. The van der Waals surface area contributed by atoms with Gasteiger partial charge in [-0.15, -0.1) is 0 Å². The highest BCUT2D eigenvalue weighted by Crippen LogP contribution is 2.38. The molecule has 0 unspecified atom stereocenters. The Balaban J connectivity index is 1.42. The third-order valence-corrected chi connectivity index (χ3v) is 7.71. The van der Waals surface area contributed by atoms with E-state index in [2.05, 4.69) is 0 Å². The van der Waals surface area contributed by atoms with Gasteiger partial charge in [0.15, 0.2) is 11.5 Å². The second kappa shape index (κ2) is 13.6. The van der Waals surface area contributed by atoms with E-state index in [9.17, 15) is 14.7 Å². The number of aliphatic carboxylic acids is 1. The van der Waals surface area contributed by atoms with E-state index in [1.165, 1.54) is 25.7 Å². The summed E-state index contributed by atoms with van der Waals surface area (Å²) in [6.07, 6.45) is 9.24. The van der Waals surface area contributed by atoms with Gasteiger partial charge in [-0.05, 0) is 105 Å². The summed E-state index contributed by atoms with van der Waals surface area (Å²) in [4.78, 5) is 24.1. The summed E-state index contributed by atoms with van der Waals surface area (Å²) < 4.78 is 24.3. The summed E-state index contributed by atoms with van der Waals surface area (Å²) in [5, 5.41) is 9.58. The molecule has 7 heteroatoms. The molecule has 0 heterocycles. The van der Waals surface area contributed by atoms with Gasteiger partial charge in [0.1, 0.15) is 12.4 Å². The molecule has 41 heavy (non-hydrogen) atoms. The van der Waals surface area contributed by atoms with Crippen molar-refractivity contribution in [3.63, 3.8) is 0 Å². The molecule has 3 aromatic carbocycles. The molecule has 5 rings (SSSR count). The largest absolute Gasteiger partial charge is 0.488 e. The molecule has 2 aliphatic carbocycles. The molecular weight excluding hydrogens is 520 g/mol.